The monoisotopic (exact) mass is 325 g/mol. The van der Waals surface area contributed by atoms with E-state index < -0.39 is 5.60 Å². The highest BCUT2D eigenvalue weighted by Gasteiger charge is 2.22. The fourth-order valence-electron chi connectivity index (χ4n) is 2.71. The molecule has 0 spiro atoms. The molecule has 0 unspecified atom stereocenters. The van der Waals surface area contributed by atoms with Crippen molar-refractivity contribution in [2.75, 3.05) is 19.8 Å². The van der Waals surface area contributed by atoms with Crippen LogP contribution in [-0.4, -0.2) is 31.5 Å². The van der Waals surface area contributed by atoms with Crippen LogP contribution in [0.3, 0.4) is 0 Å². The molecule has 0 aliphatic heterocycles. The molecule has 0 radical (unpaired) electrons. The largest absolute Gasteiger partial charge is 0.444 e. The molecule has 4 heteroatoms. The summed E-state index contributed by atoms with van der Waals surface area (Å²) in [4.78, 5) is 11.4. The number of hydrogen-bond donors (Lipinski definition) is 1. The number of hydrogen-bond acceptors (Lipinski definition) is 3. The molecule has 0 aromatic heterocycles. The van der Waals surface area contributed by atoms with Crippen LogP contribution in [0.5, 0.6) is 0 Å². The topological polar surface area (TPSA) is 47.6 Å². The van der Waals surface area contributed by atoms with Gasteiger partial charge in [-0.1, -0.05) is 31.9 Å². The molecule has 0 bridgehead atoms. The number of nitrogens with one attached hydrogen (secondary N) is 1. The number of allylic oxidation sites excluding steroid dienone is 1. The van der Waals surface area contributed by atoms with Gasteiger partial charge < -0.3 is 14.8 Å². The Morgan fingerprint density at radius 2 is 1.87 bits per heavy atom. The van der Waals surface area contributed by atoms with Gasteiger partial charge in [0.1, 0.15) is 5.60 Å². The van der Waals surface area contributed by atoms with E-state index in [-0.39, 0.29) is 6.09 Å². The van der Waals surface area contributed by atoms with Crippen molar-refractivity contribution in [1.82, 2.24) is 5.32 Å². The second kappa shape index (κ2) is 10.7. The maximum Gasteiger partial charge on any atom is 0.407 e. The van der Waals surface area contributed by atoms with Gasteiger partial charge >= 0.3 is 6.09 Å². The lowest BCUT2D eigenvalue weighted by atomic mass is 9.76. The van der Waals surface area contributed by atoms with E-state index in [1.54, 1.807) is 0 Å². The van der Waals surface area contributed by atoms with Gasteiger partial charge in [-0.15, -0.1) is 0 Å². The zero-order valence-electron chi connectivity index (χ0n) is 15.4. The minimum atomic E-state index is -0.424. The lowest BCUT2D eigenvalue weighted by Gasteiger charge is -2.29. The SMILES string of the molecule is CC1CC(/C=C/COCCCCCCNC(=O)OC(C)(C)C)C1. The van der Waals surface area contributed by atoms with Crippen LogP contribution < -0.4 is 5.32 Å². The first-order chi connectivity index (χ1) is 10.9. The third-order valence-electron chi connectivity index (χ3n) is 3.92. The van der Waals surface area contributed by atoms with Gasteiger partial charge in [0.05, 0.1) is 6.61 Å². The number of rotatable bonds is 10. The first-order valence-electron chi connectivity index (χ1n) is 9.08. The minimum absolute atomic E-state index is 0.325. The van der Waals surface area contributed by atoms with Gasteiger partial charge in [0.25, 0.3) is 0 Å². The molecule has 0 aromatic rings. The molecule has 134 valence electrons. The second-order valence-corrected chi connectivity index (χ2v) is 7.68. The second-order valence-electron chi connectivity index (χ2n) is 7.68. The predicted molar refractivity (Wildman–Crippen MR) is 94.6 cm³/mol. The zero-order chi connectivity index (χ0) is 17.1. The summed E-state index contributed by atoms with van der Waals surface area (Å²) in [6, 6.07) is 0. The van der Waals surface area contributed by atoms with Crippen LogP contribution >= 0.6 is 0 Å². The number of amides is 1. The summed E-state index contributed by atoms with van der Waals surface area (Å²) in [6.45, 7) is 10.2. The van der Waals surface area contributed by atoms with E-state index in [9.17, 15) is 4.79 Å². The molecular formula is C19H35NO3. The lowest BCUT2D eigenvalue weighted by Crippen LogP contribution is -2.32. The van der Waals surface area contributed by atoms with Crippen molar-refractivity contribution in [2.24, 2.45) is 11.8 Å². The highest BCUT2D eigenvalue weighted by Crippen LogP contribution is 2.33. The number of carbonyl (C=O) groups excluding carboxylic acids is 1. The van der Waals surface area contributed by atoms with Crippen molar-refractivity contribution in [1.29, 1.82) is 0 Å². The Kier molecular flexibility index (Phi) is 9.30. The normalized spacial score (nSPS) is 21.2. The van der Waals surface area contributed by atoms with Crippen LogP contribution in [0, 0.1) is 11.8 Å². The molecule has 1 saturated carbocycles. The number of unbranched alkanes of at least 4 members (excludes halogenated alkanes) is 3. The molecule has 1 fully saturated rings. The Morgan fingerprint density at radius 3 is 2.52 bits per heavy atom. The van der Waals surface area contributed by atoms with Crippen molar-refractivity contribution in [3.63, 3.8) is 0 Å². The standard InChI is InChI=1S/C19H35NO3/c1-16-14-17(15-16)10-9-13-22-12-8-6-5-7-11-20-18(21)23-19(2,3)4/h9-10,16-17H,5-8,11-15H2,1-4H3,(H,20,21)/b10-9+. The molecule has 1 amide bonds. The maximum atomic E-state index is 11.4. The van der Waals surface area contributed by atoms with Gasteiger partial charge in [0.2, 0.25) is 0 Å². The van der Waals surface area contributed by atoms with E-state index in [0.29, 0.717) is 6.54 Å². The van der Waals surface area contributed by atoms with E-state index in [1.807, 2.05) is 20.8 Å². The minimum Gasteiger partial charge on any atom is -0.444 e. The summed E-state index contributed by atoms with van der Waals surface area (Å²) >= 11 is 0. The van der Waals surface area contributed by atoms with Crippen molar-refractivity contribution in [3.05, 3.63) is 12.2 Å². The highest BCUT2D eigenvalue weighted by atomic mass is 16.6. The van der Waals surface area contributed by atoms with Gasteiger partial charge in [0.15, 0.2) is 0 Å². The third-order valence-corrected chi connectivity index (χ3v) is 3.92. The zero-order valence-corrected chi connectivity index (χ0v) is 15.4. The summed E-state index contributed by atoms with van der Waals surface area (Å²) in [5, 5.41) is 2.78. The summed E-state index contributed by atoms with van der Waals surface area (Å²) in [6.07, 6.45) is 11.1. The first-order valence-corrected chi connectivity index (χ1v) is 9.08. The van der Waals surface area contributed by atoms with Gasteiger partial charge in [-0.05, 0) is 58.3 Å². The van der Waals surface area contributed by atoms with Crippen LogP contribution in [0.15, 0.2) is 12.2 Å². The predicted octanol–water partition coefficient (Wildman–Crippen LogP) is 4.69. The molecule has 0 atom stereocenters. The lowest BCUT2D eigenvalue weighted by molar-refractivity contribution is 0.0526. The van der Waals surface area contributed by atoms with Crippen LogP contribution in [0.2, 0.25) is 0 Å². The number of ether oxygens (including phenoxy) is 2. The van der Waals surface area contributed by atoms with E-state index in [4.69, 9.17) is 9.47 Å². The van der Waals surface area contributed by atoms with Gasteiger partial charge in [-0.2, -0.15) is 0 Å². The summed E-state index contributed by atoms with van der Waals surface area (Å²) in [5.74, 6) is 1.71. The van der Waals surface area contributed by atoms with Gasteiger partial charge in [-0.25, -0.2) is 4.79 Å². The summed E-state index contributed by atoms with van der Waals surface area (Å²) in [5.41, 5.74) is -0.424. The highest BCUT2D eigenvalue weighted by molar-refractivity contribution is 5.67. The molecule has 1 N–H and O–H groups in total. The smallest absolute Gasteiger partial charge is 0.407 e. The molecule has 1 aliphatic rings. The van der Waals surface area contributed by atoms with Crippen LogP contribution in [0.4, 0.5) is 4.79 Å². The van der Waals surface area contributed by atoms with Crippen molar-refractivity contribution in [3.8, 4) is 0 Å². The number of alkyl carbamates (subject to hydrolysis) is 1. The van der Waals surface area contributed by atoms with Crippen LogP contribution in [0.1, 0.15) is 66.2 Å². The summed E-state index contributed by atoms with van der Waals surface area (Å²) < 4.78 is 10.8. The Labute approximate surface area is 142 Å². The van der Waals surface area contributed by atoms with Crippen LogP contribution in [-0.2, 0) is 9.47 Å². The third kappa shape index (κ3) is 11.2. The fraction of sp³-hybridized carbons (Fsp3) is 0.842. The summed E-state index contributed by atoms with van der Waals surface area (Å²) in [7, 11) is 0. The Morgan fingerprint density at radius 1 is 1.17 bits per heavy atom. The van der Waals surface area contributed by atoms with Crippen LogP contribution in [0.25, 0.3) is 0 Å². The van der Waals surface area contributed by atoms with Crippen molar-refractivity contribution < 1.29 is 14.3 Å². The van der Waals surface area contributed by atoms with E-state index >= 15 is 0 Å². The molecule has 1 rings (SSSR count). The molecule has 0 heterocycles. The Balaban J connectivity index is 1.80. The van der Waals surface area contributed by atoms with E-state index in [0.717, 1.165) is 50.7 Å². The van der Waals surface area contributed by atoms with Crippen molar-refractivity contribution in [2.45, 2.75) is 71.8 Å². The fourth-order valence-corrected chi connectivity index (χ4v) is 2.71. The first kappa shape index (κ1) is 20.0. The maximum absolute atomic E-state index is 11.4. The molecule has 1 aliphatic carbocycles. The van der Waals surface area contributed by atoms with E-state index in [1.165, 1.54) is 12.8 Å². The molecule has 4 nitrogen and oxygen atoms in total. The van der Waals surface area contributed by atoms with Crippen molar-refractivity contribution >= 4 is 6.09 Å². The average Bonchev–Trinajstić information content (AvgIpc) is 2.40. The molecular weight excluding hydrogens is 290 g/mol. The van der Waals surface area contributed by atoms with Gasteiger partial charge in [0, 0.05) is 13.2 Å². The average molecular weight is 325 g/mol. The van der Waals surface area contributed by atoms with Gasteiger partial charge in [-0.3, -0.25) is 0 Å². The quantitative estimate of drug-likeness (QED) is 0.468. The van der Waals surface area contributed by atoms with E-state index in [2.05, 4.69) is 24.4 Å². The molecule has 0 aromatic carbocycles. The number of carbonyl (C=O) groups is 1. The molecule has 23 heavy (non-hydrogen) atoms. The molecule has 0 saturated heterocycles. The Bertz CT molecular complexity index is 354. The Hall–Kier alpha value is -1.03.